The molecule has 0 aliphatic carbocycles. The number of terminal acetylenes is 1. The minimum absolute atomic E-state index is 0.0977. The van der Waals surface area contributed by atoms with E-state index in [2.05, 4.69) is 25.1 Å². The largest absolute Gasteiger partial charge is 0.465 e. The van der Waals surface area contributed by atoms with Gasteiger partial charge in [-0.15, -0.1) is 18.2 Å². The molecule has 12 atom stereocenters. The number of allylic oxidation sites excluding steroid dienone is 1. The summed E-state index contributed by atoms with van der Waals surface area (Å²) in [5, 5.41) is 44.8. The quantitative estimate of drug-likeness (QED) is 0.252. The number of ether oxygens (including phenoxy) is 2. The van der Waals surface area contributed by atoms with Crippen LogP contribution in [0.15, 0.2) is 12.2 Å². The van der Waals surface area contributed by atoms with E-state index in [1.165, 1.54) is 11.8 Å². The van der Waals surface area contributed by atoms with Gasteiger partial charge in [-0.05, 0) is 43.4 Å². The number of hydrogen-bond donors (Lipinski definition) is 5. The normalized spacial score (nSPS) is 42.8. The van der Waals surface area contributed by atoms with Crippen LogP contribution in [0.3, 0.4) is 0 Å². The van der Waals surface area contributed by atoms with Gasteiger partial charge in [0.25, 0.3) is 0 Å². The molecule has 4 rings (SSSR count). The fourth-order valence-electron chi connectivity index (χ4n) is 6.53. The molecule has 10 nitrogen and oxygen atoms in total. The van der Waals surface area contributed by atoms with E-state index in [0.717, 1.165) is 24.2 Å². The van der Waals surface area contributed by atoms with Crippen molar-refractivity contribution in [1.82, 2.24) is 10.2 Å². The van der Waals surface area contributed by atoms with Crippen molar-refractivity contribution < 1.29 is 39.5 Å². The number of amides is 2. The summed E-state index contributed by atoms with van der Waals surface area (Å²) < 4.78 is 12.2. The van der Waals surface area contributed by atoms with E-state index in [-0.39, 0.29) is 23.6 Å². The molecule has 39 heavy (non-hydrogen) atoms. The summed E-state index contributed by atoms with van der Waals surface area (Å²) in [6.45, 7) is 6.85. The van der Waals surface area contributed by atoms with E-state index >= 15 is 0 Å². The van der Waals surface area contributed by atoms with Crippen molar-refractivity contribution in [1.29, 1.82) is 0 Å². The summed E-state index contributed by atoms with van der Waals surface area (Å²) in [6.07, 6.45) is 5.40. The van der Waals surface area contributed by atoms with Crippen molar-refractivity contribution in [3.63, 3.8) is 0 Å². The van der Waals surface area contributed by atoms with Gasteiger partial charge in [0.2, 0.25) is 5.91 Å². The summed E-state index contributed by atoms with van der Waals surface area (Å²) in [4.78, 5) is 27.3. The summed E-state index contributed by atoms with van der Waals surface area (Å²) in [5.74, 6) is 2.58. The Balaban J connectivity index is 1.59. The Morgan fingerprint density at radius 3 is 2.62 bits per heavy atom. The first-order chi connectivity index (χ1) is 18.5. The Bertz CT molecular complexity index is 956. The third-order valence-electron chi connectivity index (χ3n) is 8.44. The number of nitrogens with one attached hydrogen (secondary N) is 1. The van der Waals surface area contributed by atoms with Gasteiger partial charge in [0.15, 0.2) is 0 Å². The zero-order chi connectivity index (χ0) is 28.4. The topological polar surface area (TPSA) is 149 Å². The van der Waals surface area contributed by atoms with Crippen molar-refractivity contribution in [2.75, 3.05) is 13.2 Å². The first kappa shape index (κ1) is 30.2. The number of rotatable bonds is 4. The predicted molar refractivity (Wildman–Crippen MR) is 146 cm³/mol. The highest BCUT2D eigenvalue weighted by molar-refractivity contribution is 8.00. The number of likely N-dealkylation sites (tertiary alicyclic amines) is 1. The molecule has 4 heterocycles. The molecule has 0 radical (unpaired) electrons. The Kier molecular flexibility index (Phi) is 9.89. The molecule has 0 unspecified atom stereocenters. The minimum Gasteiger partial charge on any atom is -0.465 e. The van der Waals surface area contributed by atoms with Crippen molar-refractivity contribution >= 4 is 23.8 Å². The average molecular weight is 567 g/mol. The monoisotopic (exact) mass is 566 g/mol. The van der Waals surface area contributed by atoms with Gasteiger partial charge in [0.05, 0.1) is 17.4 Å². The number of fused-ring (bicyclic) bond motifs is 3. The SMILES string of the molecule is C#C[C@@H]1CC=C[C@@H](C)[C@@H](NC(=O)[C@@H]2[C@@H]3OCC[C@@H](CC(C)C)C[C@H]3CN2C(=O)O)[C@H]2O[C@H](S1)[C@H](O)[C@@H](O)[C@H]2O. The van der Waals surface area contributed by atoms with Crippen LogP contribution in [-0.4, -0.2) is 104 Å². The molecule has 3 fully saturated rings. The van der Waals surface area contributed by atoms with Crippen LogP contribution in [0.25, 0.3) is 0 Å². The average Bonchev–Trinajstić information content (AvgIpc) is 3.13. The third-order valence-corrected chi connectivity index (χ3v) is 9.76. The number of aliphatic hydroxyl groups is 3. The minimum atomic E-state index is -1.51. The Morgan fingerprint density at radius 2 is 1.95 bits per heavy atom. The highest BCUT2D eigenvalue weighted by atomic mass is 32.2. The van der Waals surface area contributed by atoms with Crippen molar-refractivity contribution in [3.05, 3.63) is 12.2 Å². The lowest BCUT2D eigenvalue weighted by atomic mass is 9.85. The number of carbonyl (C=O) groups excluding carboxylic acids is 1. The van der Waals surface area contributed by atoms with Gasteiger partial charge in [-0.1, -0.05) is 38.8 Å². The number of carbonyl (C=O) groups is 2. The number of carboxylic acid groups (broad SMARTS) is 1. The van der Waals surface area contributed by atoms with Crippen LogP contribution in [0.5, 0.6) is 0 Å². The van der Waals surface area contributed by atoms with E-state index in [0.29, 0.717) is 24.9 Å². The lowest BCUT2D eigenvalue weighted by Crippen LogP contribution is -2.65. The molecule has 0 spiro atoms. The molecule has 11 heteroatoms. The second kappa shape index (κ2) is 12.8. The lowest BCUT2D eigenvalue weighted by molar-refractivity contribution is -0.207. The van der Waals surface area contributed by atoms with Gasteiger partial charge in [0.1, 0.15) is 35.9 Å². The molecule has 218 valence electrons. The first-order valence-electron chi connectivity index (χ1n) is 13.9. The van der Waals surface area contributed by atoms with E-state index in [1.54, 1.807) is 0 Å². The number of thioether (sulfide) groups is 1. The molecule has 3 saturated heterocycles. The second-order valence-corrected chi connectivity index (χ2v) is 13.1. The molecule has 5 N–H and O–H groups in total. The molecular weight excluding hydrogens is 524 g/mol. The molecule has 2 amide bonds. The van der Waals surface area contributed by atoms with Crippen LogP contribution >= 0.6 is 11.8 Å². The predicted octanol–water partition coefficient (Wildman–Crippen LogP) is 1.43. The summed E-state index contributed by atoms with van der Waals surface area (Å²) >= 11 is 1.18. The van der Waals surface area contributed by atoms with Gasteiger partial charge < -0.3 is 35.2 Å². The Labute approximate surface area is 234 Å². The summed E-state index contributed by atoms with van der Waals surface area (Å²) in [6, 6.07) is -1.87. The molecule has 0 saturated carbocycles. The molecular formula is C28H42N2O8S. The highest BCUT2D eigenvalue weighted by Gasteiger charge is 2.53. The number of nitrogens with zero attached hydrogens (tertiary/aromatic N) is 1. The molecule has 0 aromatic heterocycles. The van der Waals surface area contributed by atoms with Crippen molar-refractivity contribution in [2.45, 2.75) is 99.7 Å². The van der Waals surface area contributed by atoms with Crippen molar-refractivity contribution in [2.24, 2.45) is 23.7 Å². The van der Waals surface area contributed by atoms with Crippen LogP contribution in [0.4, 0.5) is 4.79 Å². The Hall–Kier alpha value is -1.81. The van der Waals surface area contributed by atoms with Crippen LogP contribution in [0.1, 0.15) is 46.5 Å². The Morgan fingerprint density at radius 1 is 1.21 bits per heavy atom. The second-order valence-electron chi connectivity index (χ2n) is 11.8. The van der Waals surface area contributed by atoms with E-state index in [1.807, 2.05) is 19.1 Å². The summed E-state index contributed by atoms with van der Waals surface area (Å²) in [7, 11) is 0. The van der Waals surface area contributed by atoms with Crippen molar-refractivity contribution in [3.8, 4) is 12.3 Å². The maximum atomic E-state index is 13.9. The van der Waals surface area contributed by atoms with Crippen LogP contribution in [-0.2, 0) is 14.3 Å². The number of hydrogen-bond acceptors (Lipinski definition) is 8. The molecule has 0 aromatic carbocycles. The van der Waals surface area contributed by atoms with Crippen LogP contribution in [0.2, 0.25) is 0 Å². The molecule has 0 aromatic rings. The highest BCUT2D eigenvalue weighted by Crippen LogP contribution is 2.39. The fraction of sp³-hybridized carbons (Fsp3) is 0.786. The molecule has 2 bridgehead atoms. The smallest absolute Gasteiger partial charge is 0.408 e. The van der Waals surface area contributed by atoms with E-state index < -0.39 is 60.0 Å². The first-order valence-corrected chi connectivity index (χ1v) is 14.9. The molecule has 4 aliphatic heterocycles. The van der Waals surface area contributed by atoms with Gasteiger partial charge in [0, 0.05) is 19.1 Å². The van der Waals surface area contributed by atoms with E-state index in [9.17, 15) is 30.0 Å². The van der Waals surface area contributed by atoms with Crippen LogP contribution < -0.4 is 5.32 Å². The van der Waals surface area contributed by atoms with Gasteiger partial charge in [-0.3, -0.25) is 9.69 Å². The fourth-order valence-corrected chi connectivity index (χ4v) is 7.67. The summed E-state index contributed by atoms with van der Waals surface area (Å²) in [5.41, 5.74) is -0.915. The molecule has 4 aliphatic rings. The van der Waals surface area contributed by atoms with Gasteiger partial charge in [-0.2, -0.15) is 0 Å². The van der Waals surface area contributed by atoms with Gasteiger partial charge in [-0.25, -0.2) is 4.79 Å². The maximum Gasteiger partial charge on any atom is 0.408 e. The van der Waals surface area contributed by atoms with E-state index in [4.69, 9.17) is 15.9 Å². The lowest BCUT2D eigenvalue weighted by Gasteiger charge is -2.45. The van der Waals surface area contributed by atoms with Crippen LogP contribution in [0, 0.1) is 36.0 Å². The zero-order valence-electron chi connectivity index (χ0n) is 22.8. The number of aliphatic hydroxyl groups excluding tert-OH is 3. The maximum absolute atomic E-state index is 13.9. The standard InChI is InChI=1S/C28H42N2O8S/c1-5-18-8-6-7-15(4)19(25-22(32)21(31)23(33)27(38-25)39-18)29-26(34)20-24-17(13-30(20)28(35)36)12-16(9-10-37-24)11-14(2)3/h1,6-7,14-25,27,31-33H,8-13H2,2-4H3,(H,29,34)(H,35,36)/t15-,16+,17+,18-,19-,20+,21+,22-,23-,24-,25-,27-/m1/s1. The zero-order valence-corrected chi connectivity index (χ0v) is 23.6. The van der Waals surface area contributed by atoms with Gasteiger partial charge >= 0.3 is 6.09 Å². The third kappa shape index (κ3) is 6.58.